The third-order valence-electron chi connectivity index (χ3n) is 9.99. The first-order valence-corrected chi connectivity index (χ1v) is 13.2. The average molecular weight is 478 g/mol. The smallest absolute Gasteiger partial charge is 0.176 e. The summed E-state index contributed by atoms with van der Waals surface area (Å²) in [4.78, 5) is 17.0. The molecule has 0 unspecified atom stereocenters. The summed E-state index contributed by atoms with van der Waals surface area (Å²) in [5.41, 5.74) is 0.0705. The van der Waals surface area contributed by atoms with Gasteiger partial charge in [0, 0.05) is 17.0 Å². The predicted molar refractivity (Wildman–Crippen MR) is 134 cm³/mol. The first-order chi connectivity index (χ1) is 17.5. The maximum Gasteiger partial charge on any atom is 0.176 e. The summed E-state index contributed by atoms with van der Waals surface area (Å²) in [7, 11) is 0. The van der Waals surface area contributed by atoms with E-state index in [0.29, 0.717) is 23.3 Å². The Labute approximate surface area is 211 Å². The number of halogens is 1. The molecule has 180 valence electrons. The van der Waals surface area contributed by atoms with Crippen LogP contribution in [-0.4, -0.2) is 17.9 Å². The maximum atomic E-state index is 15.5. The summed E-state index contributed by atoms with van der Waals surface area (Å²) in [6, 6.07) is 17.5. The van der Waals surface area contributed by atoms with E-state index in [4.69, 9.17) is 0 Å². The van der Waals surface area contributed by atoms with Crippen molar-refractivity contribution in [2.24, 2.45) is 28.6 Å². The zero-order valence-corrected chi connectivity index (χ0v) is 20.1. The number of rotatable bonds is 3. The van der Waals surface area contributed by atoms with E-state index < -0.39 is 34.6 Å². The van der Waals surface area contributed by atoms with E-state index in [-0.39, 0.29) is 5.78 Å². The van der Waals surface area contributed by atoms with E-state index in [1.54, 1.807) is 18.2 Å². The van der Waals surface area contributed by atoms with Crippen LogP contribution in [0, 0.1) is 57.1 Å². The van der Waals surface area contributed by atoms with Crippen molar-refractivity contribution in [3.05, 3.63) is 71.6 Å². The highest BCUT2D eigenvalue weighted by molar-refractivity contribution is 5.97. The molecule has 8 rings (SSSR count). The summed E-state index contributed by atoms with van der Waals surface area (Å²) in [5, 5.41) is 21.2. The van der Waals surface area contributed by atoms with Gasteiger partial charge in [-0.3, -0.25) is 4.79 Å². The van der Waals surface area contributed by atoms with Crippen molar-refractivity contribution in [1.82, 2.24) is 0 Å². The van der Waals surface area contributed by atoms with E-state index in [1.807, 2.05) is 41.3 Å². The molecule has 5 heteroatoms. The van der Waals surface area contributed by atoms with Gasteiger partial charge >= 0.3 is 0 Å². The molecule has 36 heavy (non-hydrogen) atoms. The molecule has 2 heterocycles. The Morgan fingerprint density at radius 3 is 2.17 bits per heavy atom. The highest BCUT2D eigenvalue weighted by atomic mass is 19.1. The number of Topliss-reactive ketones (excluding diaryl/α,β-unsaturated/α-hetero) is 1. The minimum Gasteiger partial charge on any atom is -0.351 e. The molecule has 6 aliphatic rings. The summed E-state index contributed by atoms with van der Waals surface area (Å²) in [6.45, 7) is 0. The fourth-order valence-electron chi connectivity index (χ4n) is 9.03. The lowest BCUT2D eigenvalue weighted by molar-refractivity contribution is -0.145. The monoisotopic (exact) mass is 477 g/mol. The third kappa shape index (κ3) is 2.75. The van der Waals surface area contributed by atoms with Crippen LogP contribution in [0.4, 0.5) is 10.1 Å². The summed E-state index contributed by atoms with van der Waals surface area (Å²) in [6.07, 6.45) is 10.1. The molecule has 0 N–H and O–H groups in total. The molecule has 0 aromatic heterocycles. The van der Waals surface area contributed by atoms with Crippen LogP contribution in [0.1, 0.15) is 55.6 Å². The van der Waals surface area contributed by atoms with Crippen molar-refractivity contribution >= 4 is 17.5 Å². The SMILES string of the molecule is N#CC1(C#N)[C@H](c2ccccc2F)[C@@H](C(=O)C23CC4CC(CC(C4)C2)C3)N2c3ccccc3C=C[C@@H]21. The molecule has 4 bridgehead atoms. The van der Waals surface area contributed by atoms with Crippen LogP contribution < -0.4 is 4.90 Å². The number of hydrogen-bond acceptors (Lipinski definition) is 4. The van der Waals surface area contributed by atoms with Crippen LogP contribution in [0.2, 0.25) is 0 Å². The topological polar surface area (TPSA) is 67.9 Å². The number of carbonyl (C=O) groups is 1. The highest BCUT2D eigenvalue weighted by Crippen LogP contribution is 2.63. The van der Waals surface area contributed by atoms with Gasteiger partial charge in [0.2, 0.25) is 0 Å². The van der Waals surface area contributed by atoms with Crippen molar-refractivity contribution < 1.29 is 9.18 Å². The number of ketones is 1. The molecular formula is C31H28FN3O. The van der Waals surface area contributed by atoms with Gasteiger partial charge in [-0.25, -0.2) is 4.39 Å². The van der Waals surface area contributed by atoms with Gasteiger partial charge in [-0.2, -0.15) is 10.5 Å². The standard InChI is InChI=1S/C31H28FN3O/c32-24-7-3-2-6-23(24)27-28(29(36)30-14-19-11-20(15-30)13-21(12-19)16-30)35-25-8-4-1-5-22(25)9-10-26(35)31(27,17-33)18-34/h1-10,19-21,26-28H,11-16H2/t19?,20?,21?,26-,27-,28+,30?/m1/s1. The molecule has 4 nitrogen and oxygen atoms in total. The van der Waals surface area contributed by atoms with Crippen LogP contribution >= 0.6 is 0 Å². The zero-order chi connectivity index (χ0) is 24.7. The molecule has 2 aromatic rings. The number of carbonyl (C=O) groups excluding carboxylic acids is 1. The van der Waals surface area contributed by atoms with Crippen LogP contribution in [0.3, 0.4) is 0 Å². The Kier molecular flexibility index (Phi) is 4.56. The van der Waals surface area contributed by atoms with Crippen LogP contribution in [0.25, 0.3) is 6.08 Å². The van der Waals surface area contributed by atoms with E-state index in [2.05, 4.69) is 12.1 Å². The Morgan fingerprint density at radius 2 is 1.53 bits per heavy atom. The largest absolute Gasteiger partial charge is 0.351 e. The fraction of sp³-hybridized carbons (Fsp3) is 0.452. The second-order valence-electron chi connectivity index (χ2n) is 11.9. The Morgan fingerprint density at radius 1 is 0.917 bits per heavy atom. The van der Waals surface area contributed by atoms with Gasteiger partial charge in [-0.05, 0) is 79.5 Å². The normalized spacial score (nSPS) is 36.6. The first kappa shape index (κ1) is 21.8. The molecule has 2 aromatic carbocycles. The molecule has 4 saturated carbocycles. The van der Waals surface area contributed by atoms with Gasteiger partial charge in [0.1, 0.15) is 5.82 Å². The number of hydrogen-bond donors (Lipinski definition) is 0. The van der Waals surface area contributed by atoms with Crippen LogP contribution in [0.5, 0.6) is 0 Å². The van der Waals surface area contributed by atoms with Crippen molar-refractivity contribution in [3.8, 4) is 12.1 Å². The van der Waals surface area contributed by atoms with Gasteiger partial charge < -0.3 is 4.90 Å². The lowest BCUT2D eigenvalue weighted by atomic mass is 9.47. The summed E-state index contributed by atoms with van der Waals surface area (Å²) in [5.74, 6) is 0.517. The van der Waals surface area contributed by atoms with E-state index in [9.17, 15) is 15.3 Å². The van der Waals surface area contributed by atoms with Gasteiger partial charge in [0.25, 0.3) is 0 Å². The highest BCUT2D eigenvalue weighted by Gasteiger charge is 2.67. The van der Waals surface area contributed by atoms with Gasteiger partial charge in [0.15, 0.2) is 11.2 Å². The number of nitriles is 2. The Bertz CT molecular complexity index is 1330. The van der Waals surface area contributed by atoms with Gasteiger partial charge in [0.05, 0.1) is 24.2 Å². The van der Waals surface area contributed by atoms with Crippen LogP contribution in [0.15, 0.2) is 54.6 Å². The molecule has 0 amide bonds. The predicted octanol–water partition coefficient (Wildman–Crippen LogP) is 6.01. The van der Waals surface area contributed by atoms with Crippen molar-refractivity contribution in [1.29, 1.82) is 10.5 Å². The van der Waals surface area contributed by atoms with Crippen molar-refractivity contribution in [2.75, 3.05) is 4.90 Å². The van der Waals surface area contributed by atoms with Gasteiger partial charge in [-0.15, -0.1) is 0 Å². The lowest BCUT2D eigenvalue weighted by Crippen LogP contribution is -2.56. The molecule has 0 radical (unpaired) electrons. The van der Waals surface area contributed by atoms with E-state index >= 15 is 4.39 Å². The number of anilines is 1. The molecule has 2 aliphatic heterocycles. The molecule has 4 aliphatic carbocycles. The zero-order valence-electron chi connectivity index (χ0n) is 20.1. The molecule has 0 spiro atoms. The van der Waals surface area contributed by atoms with Gasteiger partial charge in [-0.1, -0.05) is 48.6 Å². The minimum absolute atomic E-state index is 0.123. The molecule has 1 saturated heterocycles. The van der Waals surface area contributed by atoms with Crippen LogP contribution in [-0.2, 0) is 4.79 Å². The Hall–Kier alpha value is -3.44. The van der Waals surface area contributed by atoms with E-state index in [1.165, 1.54) is 25.3 Å². The van der Waals surface area contributed by atoms with E-state index in [0.717, 1.165) is 30.5 Å². The number of fused-ring (bicyclic) bond motifs is 3. The van der Waals surface area contributed by atoms with Crippen molar-refractivity contribution in [2.45, 2.75) is 56.5 Å². The Balaban J connectivity index is 1.46. The number of para-hydroxylation sites is 1. The minimum atomic E-state index is -1.59. The quantitative estimate of drug-likeness (QED) is 0.543. The number of nitrogens with zero attached hydrogens (tertiary/aromatic N) is 3. The first-order valence-electron chi connectivity index (χ1n) is 13.2. The second kappa shape index (κ2) is 7.53. The molecule has 5 fully saturated rings. The number of benzene rings is 2. The molecule has 3 atom stereocenters. The summed E-state index contributed by atoms with van der Waals surface area (Å²) < 4.78 is 15.5. The fourth-order valence-corrected chi connectivity index (χ4v) is 9.03. The lowest BCUT2D eigenvalue weighted by Gasteiger charge is -2.57. The second-order valence-corrected chi connectivity index (χ2v) is 11.9. The third-order valence-corrected chi connectivity index (χ3v) is 9.99. The van der Waals surface area contributed by atoms with Crippen molar-refractivity contribution in [3.63, 3.8) is 0 Å². The maximum absolute atomic E-state index is 15.5. The average Bonchev–Trinajstić information content (AvgIpc) is 3.18. The molecular weight excluding hydrogens is 449 g/mol. The summed E-state index contributed by atoms with van der Waals surface area (Å²) >= 11 is 0.